The molecule has 2 aromatic carbocycles. The summed E-state index contributed by atoms with van der Waals surface area (Å²) in [5, 5.41) is 12.6. The SMILES string of the molecule is Cc1ccc(-c2c(NS(=O)(=O)c3ccccc3)nn(CC#N)c2C(F)(F)F)cc1F. The second-order valence-corrected chi connectivity index (χ2v) is 7.95. The monoisotopic (exact) mass is 438 g/mol. The van der Waals surface area contributed by atoms with Gasteiger partial charge in [-0.2, -0.15) is 23.5 Å². The first kappa shape index (κ1) is 21.3. The normalized spacial score (nSPS) is 11.9. The number of halogens is 4. The van der Waals surface area contributed by atoms with Crippen molar-refractivity contribution >= 4 is 15.8 Å². The summed E-state index contributed by atoms with van der Waals surface area (Å²) in [6.07, 6.45) is -4.99. The first-order valence-corrected chi connectivity index (χ1v) is 9.92. The Kier molecular flexibility index (Phi) is 5.54. The van der Waals surface area contributed by atoms with Crippen LogP contribution in [0.1, 0.15) is 11.3 Å². The van der Waals surface area contributed by atoms with Crippen LogP contribution in [0.2, 0.25) is 0 Å². The number of aromatic nitrogens is 2. The number of nitriles is 1. The van der Waals surface area contributed by atoms with Crippen LogP contribution in [0, 0.1) is 24.1 Å². The Bertz CT molecular complexity index is 1230. The fourth-order valence-corrected chi connectivity index (χ4v) is 3.84. The number of rotatable bonds is 5. The molecule has 0 amide bonds. The van der Waals surface area contributed by atoms with E-state index >= 15 is 0 Å². The number of nitrogens with zero attached hydrogens (tertiary/aromatic N) is 3. The topological polar surface area (TPSA) is 87.8 Å². The van der Waals surface area contributed by atoms with Crippen molar-refractivity contribution in [3.05, 3.63) is 65.6 Å². The molecule has 0 aliphatic carbocycles. The van der Waals surface area contributed by atoms with Crippen molar-refractivity contribution in [1.29, 1.82) is 5.26 Å². The number of nitrogens with one attached hydrogen (secondary N) is 1. The molecule has 0 bridgehead atoms. The van der Waals surface area contributed by atoms with Crippen molar-refractivity contribution < 1.29 is 26.0 Å². The molecule has 1 aromatic heterocycles. The summed E-state index contributed by atoms with van der Waals surface area (Å²) in [5.41, 5.74) is -2.07. The van der Waals surface area contributed by atoms with Gasteiger partial charge in [-0.05, 0) is 36.2 Å². The second kappa shape index (κ2) is 7.79. The summed E-state index contributed by atoms with van der Waals surface area (Å²) in [6, 6.07) is 11.9. The third kappa shape index (κ3) is 4.13. The van der Waals surface area contributed by atoms with Crippen molar-refractivity contribution in [2.45, 2.75) is 24.5 Å². The predicted octanol–water partition coefficient (Wildman–Crippen LogP) is 4.34. The molecule has 0 spiro atoms. The van der Waals surface area contributed by atoms with Crippen LogP contribution in [0.15, 0.2) is 53.4 Å². The minimum Gasteiger partial charge on any atom is -0.261 e. The average molecular weight is 438 g/mol. The Hall–Kier alpha value is -3.39. The molecule has 3 aromatic rings. The van der Waals surface area contributed by atoms with Crippen LogP contribution in [-0.2, 0) is 22.7 Å². The van der Waals surface area contributed by atoms with Crippen LogP contribution in [0.5, 0.6) is 0 Å². The number of anilines is 1. The Morgan fingerprint density at radius 1 is 1.17 bits per heavy atom. The maximum absolute atomic E-state index is 14.1. The molecular weight excluding hydrogens is 424 g/mol. The largest absolute Gasteiger partial charge is 0.433 e. The van der Waals surface area contributed by atoms with E-state index in [4.69, 9.17) is 5.26 Å². The quantitative estimate of drug-likeness (QED) is 0.601. The molecule has 1 N–H and O–H groups in total. The van der Waals surface area contributed by atoms with E-state index in [0.29, 0.717) is 4.68 Å². The van der Waals surface area contributed by atoms with Crippen molar-refractivity contribution in [3.8, 4) is 17.2 Å². The second-order valence-electron chi connectivity index (χ2n) is 6.27. The minimum atomic E-state index is -4.99. The van der Waals surface area contributed by atoms with Crippen molar-refractivity contribution in [2.75, 3.05) is 4.72 Å². The van der Waals surface area contributed by atoms with E-state index < -0.39 is 45.6 Å². The number of benzene rings is 2. The molecule has 3 rings (SSSR count). The van der Waals surface area contributed by atoms with Gasteiger partial charge in [0.05, 0.1) is 16.5 Å². The summed E-state index contributed by atoms with van der Waals surface area (Å²) < 4.78 is 83.2. The molecule has 6 nitrogen and oxygen atoms in total. The maximum Gasteiger partial charge on any atom is 0.433 e. The molecule has 30 heavy (non-hydrogen) atoms. The first-order chi connectivity index (χ1) is 14.0. The van der Waals surface area contributed by atoms with E-state index in [1.54, 1.807) is 12.1 Å². The molecule has 1 heterocycles. The van der Waals surface area contributed by atoms with Gasteiger partial charge in [-0.1, -0.05) is 30.3 Å². The zero-order valence-corrected chi connectivity index (χ0v) is 16.2. The van der Waals surface area contributed by atoms with Gasteiger partial charge in [0.1, 0.15) is 12.4 Å². The zero-order valence-electron chi connectivity index (χ0n) is 15.4. The Morgan fingerprint density at radius 3 is 2.40 bits per heavy atom. The number of hydrogen-bond donors (Lipinski definition) is 1. The van der Waals surface area contributed by atoms with E-state index in [1.165, 1.54) is 43.3 Å². The molecule has 156 valence electrons. The van der Waals surface area contributed by atoms with E-state index in [0.717, 1.165) is 6.07 Å². The van der Waals surface area contributed by atoms with E-state index in [9.17, 15) is 26.0 Å². The van der Waals surface area contributed by atoms with Gasteiger partial charge in [0.25, 0.3) is 10.0 Å². The molecule has 0 unspecified atom stereocenters. The highest BCUT2D eigenvalue weighted by Gasteiger charge is 2.41. The summed E-state index contributed by atoms with van der Waals surface area (Å²) in [6.45, 7) is 0.644. The average Bonchev–Trinajstić information content (AvgIpc) is 3.02. The lowest BCUT2D eigenvalue weighted by atomic mass is 10.0. The minimum absolute atomic E-state index is 0.197. The molecule has 11 heteroatoms. The van der Waals surface area contributed by atoms with Gasteiger partial charge in [-0.25, -0.2) is 17.5 Å². The van der Waals surface area contributed by atoms with E-state index in [-0.39, 0.29) is 16.0 Å². The smallest absolute Gasteiger partial charge is 0.261 e. The van der Waals surface area contributed by atoms with Crippen LogP contribution >= 0.6 is 0 Å². The van der Waals surface area contributed by atoms with Crippen LogP contribution < -0.4 is 4.72 Å². The third-order valence-corrected chi connectivity index (χ3v) is 5.54. The van der Waals surface area contributed by atoms with Gasteiger partial charge in [0.15, 0.2) is 11.5 Å². The first-order valence-electron chi connectivity index (χ1n) is 8.44. The van der Waals surface area contributed by atoms with Gasteiger partial charge < -0.3 is 0 Å². The highest BCUT2D eigenvalue weighted by Crippen LogP contribution is 2.42. The van der Waals surface area contributed by atoms with Crippen molar-refractivity contribution in [2.24, 2.45) is 0 Å². The predicted molar refractivity (Wildman–Crippen MR) is 100 cm³/mol. The lowest BCUT2D eigenvalue weighted by Gasteiger charge is -2.12. The van der Waals surface area contributed by atoms with Gasteiger partial charge in [-0.15, -0.1) is 0 Å². The van der Waals surface area contributed by atoms with Crippen LogP contribution in [-0.4, -0.2) is 18.2 Å². The van der Waals surface area contributed by atoms with Crippen LogP contribution in [0.3, 0.4) is 0 Å². The number of aryl methyl sites for hydroxylation is 1. The maximum atomic E-state index is 14.1. The summed E-state index contributed by atoms with van der Waals surface area (Å²) in [5.74, 6) is -1.43. The van der Waals surface area contributed by atoms with Gasteiger partial charge in [0, 0.05) is 0 Å². The molecular formula is C19H14F4N4O2S. The zero-order chi connectivity index (χ0) is 22.1. The van der Waals surface area contributed by atoms with Gasteiger partial charge in [-0.3, -0.25) is 4.72 Å². The number of alkyl halides is 3. The third-order valence-electron chi connectivity index (χ3n) is 4.19. The summed E-state index contributed by atoms with van der Waals surface area (Å²) >= 11 is 0. The summed E-state index contributed by atoms with van der Waals surface area (Å²) in [7, 11) is -4.30. The molecule has 0 radical (unpaired) electrons. The van der Waals surface area contributed by atoms with Crippen molar-refractivity contribution in [1.82, 2.24) is 9.78 Å². The van der Waals surface area contributed by atoms with E-state index in [2.05, 4.69) is 5.10 Å². The Morgan fingerprint density at radius 2 is 1.83 bits per heavy atom. The number of sulfonamides is 1. The molecule has 0 saturated carbocycles. The number of hydrogen-bond acceptors (Lipinski definition) is 4. The van der Waals surface area contributed by atoms with E-state index in [1.807, 2.05) is 4.72 Å². The van der Waals surface area contributed by atoms with Crippen LogP contribution in [0.4, 0.5) is 23.4 Å². The van der Waals surface area contributed by atoms with Gasteiger partial charge in [0.2, 0.25) is 0 Å². The highest BCUT2D eigenvalue weighted by molar-refractivity contribution is 7.92. The fourth-order valence-electron chi connectivity index (χ4n) is 2.81. The molecule has 0 aliphatic rings. The van der Waals surface area contributed by atoms with Gasteiger partial charge >= 0.3 is 6.18 Å². The lowest BCUT2D eigenvalue weighted by molar-refractivity contribution is -0.143. The highest BCUT2D eigenvalue weighted by atomic mass is 32.2. The Labute approximate surface area is 169 Å². The lowest BCUT2D eigenvalue weighted by Crippen LogP contribution is -2.15. The summed E-state index contributed by atoms with van der Waals surface area (Å²) in [4.78, 5) is -0.200. The Balaban J connectivity index is 2.27. The molecule has 0 aliphatic heterocycles. The van der Waals surface area contributed by atoms with Crippen molar-refractivity contribution in [3.63, 3.8) is 0 Å². The molecule has 0 saturated heterocycles. The molecule has 0 atom stereocenters. The van der Waals surface area contributed by atoms with Crippen LogP contribution in [0.25, 0.3) is 11.1 Å². The molecule has 0 fully saturated rings. The fraction of sp³-hybridized carbons (Fsp3) is 0.158. The standard InChI is InChI=1S/C19H14F4N4O2S/c1-12-7-8-13(11-15(12)20)16-17(19(21,22)23)27(10-9-24)25-18(16)26-30(28,29)14-5-3-2-4-6-14/h2-8,11H,10H2,1H3,(H,25,26).